The normalized spacial score (nSPS) is 10.8. The summed E-state index contributed by atoms with van der Waals surface area (Å²) in [4.78, 5) is 26.7. The second-order valence-electron chi connectivity index (χ2n) is 4.06. The molecular formula is C12H9N5O3. The fourth-order valence-corrected chi connectivity index (χ4v) is 1.91. The Hall–Kier alpha value is -3.16. The first-order chi connectivity index (χ1) is 9.58. The Balaban J connectivity index is 2.26. The molecule has 100 valence electrons. The van der Waals surface area contributed by atoms with Gasteiger partial charge < -0.3 is 10.8 Å². The molecule has 3 aromatic rings. The quantitative estimate of drug-likeness (QED) is 0.711. The van der Waals surface area contributed by atoms with Crippen molar-refractivity contribution in [2.45, 2.75) is 0 Å². The third-order valence-electron chi connectivity index (χ3n) is 2.80. The Bertz CT molecular complexity index is 833. The first kappa shape index (κ1) is 11.9. The van der Waals surface area contributed by atoms with E-state index in [1.807, 2.05) is 0 Å². The second-order valence-corrected chi connectivity index (χ2v) is 4.06. The predicted molar refractivity (Wildman–Crippen MR) is 67.8 cm³/mol. The Morgan fingerprint density at radius 1 is 1.30 bits per heavy atom. The van der Waals surface area contributed by atoms with Gasteiger partial charge >= 0.3 is 5.97 Å². The van der Waals surface area contributed by atoms with Gasteiger partial charge in [-0.2, -0.15) is 5.10 Å². The van der Waals surface area contributed by atoms with Gasteiger partial charge in [0.25, 0.3) is 5.91 Å². The molecule has 1 amide bonds. The zero-order valence-electron chi connectivity index (χ0n) is 10.1. The molecule has 0 aliphatic heterocycles. The molecule has 8 heteroatoms. The monoisotopic (exact) mass is 271 g/mol. The number of pyridine rings is 1. The van der Waals surface area contributed by atoms with Crippen molar-refractivity contribution in [2.24, 2.45) is 5.73 Å². The van der Waals surface area contributed by atoms with Crippen LogP contribution in [0.3, 0.4) is 0 Å². The molecular weight excluding hydrogens is 262 g/mol. The van der Waals surface area contributed by atoms with Crippen molar-refractivity contribution < 1.29 is 14.7 Å². The van der Waals surface area contributed by atoms with Gasteiger partial charge in [0.2, 0.25) is 0 Å². The number of amides is 1. The maximum atomic E-state index is 11.4. The van der Waals surface area contributed by atoms with Crippen LogP contribution in [0.1, 0.15) is 20.8 Å². The number of carboxylic acid groups (broad SMARTS) is 1. The first-order valence-corrected chi connectivity index (χ1v) is 5.63. The molecule has 3 rings (SSSR count). The van der Waals surface area contributed by atoms with Crippen molar-refractivity contribution in [1.29, 1.82) is 0 Å². The Kier molecular flexibility index (Phi) is 2.50. The number of fused-ring (bicyclic) bond motifs is 1. The van der Waals surface area contributed by atoms with Crippen LogP contribution in [0.25, 0.3) is 11.5 Å². The maximum absolute atomic E-state index is 11.4. The minimum atomic E-state index is -1.14. The molecule has 0 bridgehead atoms. The molecule has 0 saturated carbocycles. The SMILES string of the molecule is NC(=O)c1cnn(-c2nc3ccccn3c2C(=O)O)c1. The van der Waals surface area contributed by atoms with Crippen LogP contribution in [0.15, 0.2) is 36.8 Å². The van der Waals surface area contributed by atoms with Crippen molar-refractivity contribution in [3.05, 3.63) is 48.0 Å². The second kappa shape index (κ2) is 4.19. The molecule has 0 radical (unpaired) electrons. The third kappa shape index (κ3) is 1.70. The highest BCUT2D eigenvalue weighted by atomic mass is 16.4. The summed E-state index contributed by atoms with van der Waals surface area (Å²) in [7, 11) is 0. The van der Waals surface area contributed by atoms with Crippen molar-refractivity contribution in [3.8, 4) is 5.82 Å². The van der Waals surface area contributed by atoms with Crippen molar-refractivity contribution >= 4 is 17.5 Å². The molecule has 0 aliphatic rings. The van der Waals surface area contributed by atoms with Crippen LogP contribution in [-0.4, -0.2) is 36.1 Å². The van der Waals surface area contributed by atoms with Gasteiger partial charge in [0, 0.05) is 12.4 Å². The van der Waals surface area contributed by atoms with E-state index in [0.717, 1.165) is 0 Å². The third-order valence-corrected chi connectivity index (χ3v) is 2.80. The number of carboxylic acids is 1. The van der Waals surface area contributed by atoms with E-state index in [0.29, 0.717) is 5.65 Å². The van der Waals surface area contributed by atoms with Gasteiger partial charge in [-0.3, -0.25) is 9.20 Å². The van der Waals surface area contributed by atoms with Crippen LogP contribution in [0.5, 0.6) is 0 Å². The average molecular weight is 271 g/mol. The summed E-state index contributed by atoms with van der Waals surface area (Å²) in [6.45, 7) is 0. The van der Waals surface area contributed by atoms with Crippen LogP contribution in [-0.2, 0) is 0 Å². The van der Waals surface area contributed by atoms with E-state index >= 15 is 0 Å². The minimum Gasteiger partial charge on any atom is -0.476 e. The van der Waals surface area contributed by atoms with E-state index in [1.165, 1.54) is 21.5 Å². The smallest absolute Gasteiger partial charge is 0.356 e. The first-order valence-electron chi connectivity index (χ1n) is 5.63. The molecule has 3 N–H and O–H groups in total. The number of rotatable bonds is 3. The number of carbonyl (C=O) groups excluding carboxylic acids is 1. The summed E-state index contributed by atoms with van der Waals surface area (Å²) in [5.41, 5.74) is 5.75. The molecule has 3 heterocycles. The number of nitrogens with two attached hydrogens (primary N) is 1. The van der Waals surface area contributed by atoms with Gasteiger partial charge in [0.1, 0.15) is 5.65 Å². The van der Waals surface area contributed by atoms with E-state index in [2.05, 4.69) is 10.1 Å². The highest BCUT2D eigenvalue weighted by molar-refractivity contribution is 5.93. The van der Waals surface area contributed by atoms with Crippen LogP contribution >= 0.6 is 0 Å². The van der Waals surface area contributed by atoms with Gasteiger partial charge in [0.05, 0.1) is 11.8 Å². The minimum absolute atomic E-state index is 0.0419. The van der Waals surface area contributed by atoms with Crippen molar-refractivity contribution in [1.82, 2.24) is 19.2 Å². The number of primary amides is 1. The number of carbonyl (C=O) groups is 2. The van der Waals surface area contributed by atoms with Gasteiger partial charge in [-0.15, -0.1) is 0 Å². The predicted octanol–water partition coefficient (Wildman–Crippen LogP) is 0.317. The average Bonchev–Trinajstić information content (AvgIpc) is 3.02. The molecule has 0 unspecified atom stereocenters. The maximum Gasteiger partial charge on any atom is 0.356 e. The van der Waals surface area contributed by atoms with Crippen LogP contribution in [0.2, 0.25) is 0 Å². The number of hydrogen-bond acceptors (Lipinski definition) is 4. The molecule has 0 atom stereocenters. The fourth-order valence-electron chi connectivity index (χ4n) is 1.91. The van der Waals surface area contributed by atoms with Gasteiger partial charge in [0.15, 0.2) is 11.5 Å². The summed E-state index contributed by atoms with van der Waals surface area (Å²) < 4.78 is 2.65. The van der Waals surface area contributed by atoms with E-state index in [9.17, 15) is 14.7 Å². The Morgan fingerprint density at radius 2 is 2.10 bits per heavy atom. The van der Waals surface area contributed by atoms with Gasteiger partial charge in [-0.1, -0.05) is 6.07 Å². The van der Waals surface area contributed by atoms with Crippen LogP contribution in [0.4, 0.5) is 0 Å². The topological polar surface area (TPSA) is 116 Å². The summed E-state index contributed by atoms with van der Waals surface area (Å²) in [5, 5.41) is 13.3. The summed E-state index contributed by atoms with van der Waals surface area (Å²) in [6.07, 6.45) is 4.20. The zero-order chi connectivity index (χ0) is 14.3. The van der Waals surface area contributed by atoms with Crippen LogP contribution < -0.4 is 5.73 Å². The highest BCUT2D eigenvalue weighted by Gasteiger charge is 2.20. The number of nitrogens with zero attached hydrogens (tertiary/aromatic N) is 4. The molecule has 0 fully saturated rings. The molecule has 3 aromatic heterocycles. The van der Waals surface area contributed by atoms with Crippen molar-refractivity contribution in [2.75, 3.05) is 0 Å². The lowest BCUT2D eigenvalue weighted by Gasteiger charge is -1.99. The lowest BCUT2D eigenvalue weighted by atomic mass is 10.3. The van der Waals surface area contributed by atoms with Gasteiger partial charge in [-0.25, -0.2) is 14.5 Å². The number of hydrogen-bond donors (Lipinski definition) is 2. The van der Waals surface area contributed by atoms with E-state index in [-0.39, 0.29) is 17.1 Å². The summed E-state index contributed by atoms with van der Waals surface area (Å²) >= 11 is 0. The van der Waals surface area contributed by atoms with E-state index in [1.54, 1.807) is 24.4 Å². The molecule has 8 nitrogen and oxygen atoms in total. The number of aromatic carboxylic acids is 1. The fraction of sp³-hybridized carbons (Fsp3) is 0. The Morgan fingerprint density at radius 3 is 2.75 bits per heavy atom. The number of imidazole rings is 1. The largest absolute Gasteiger partial charge is 0.476 e. The summed E-state index contributed by atoms with van der Waals surface area (Å²) in [5.74, 6) is -1.66. The Labute approximate surface area is 112 Å². The summed E-state index contributed by atoms with van der Waals surface area (Å²) in [6, 6.07) is 5.12. The molecule has 0 saturated heterocycles. The standard InChI is InChI=1S/C12H9N5O3/c13-10(18)7-5-14-17(6-7)11-9(12(19)20)16-4-2-1-3-8(16)15-11/h1-6H,(H2,13,18)(H,19,20). The molecule has 0 spiro atoms. The molecule has 20 heavy (non-hydrogen) atoms. The highest BCUT2D eigenvalue weighted by Crippen LogP contribution is 2.16. The lowest BCUT2D eigenvalue weighted by molar-refractivity contribution is 0.0689. The van der Waals surface area contributed by atoms with Crippen molar-refractivity contribution in [3.63, 3.8) is 0 Å². The lowest BCUT2D eigenvalue weighted by Crippen LogP contribution is -2.10. The van der Waals surface area contributed by atoms with Crippen LogP contribution in [0, 0.1) is 0 Å². The number of aromatic nitrogens is 4. The molecule has 0 aromatic carbocycles. The zero-order valence-corrected chi connectivity index (χ0v) is 10.1. The van der Waals surface area contributed by atoms with Gasteiger partial charge in [-0.05, 0) is 12.1 Å². The van der Waals surface area contributed by atoms with E-state index in [4.69, 9.17) is 5.73 Å². The molecule has 0 aliphatic carbocycles. The van der Waals surface area contributed by atoms with E-state index < -0.39 is 11.9 Å².